The van der Waals surface area contributed by atoms with Crippen molar-refractivity contribution in [2.24, 2.45) is 0 Å². The SMILES string of the molecule is CC(NC(=O)C(C)N1CCCC1c1ccc2c(c1)OCCO2)c1ccc(F)cc1. The van der Waals surface area contributed by atoms with Gasteiger partial charge in [-0.15, -0.1) is 0 Å². The molecule has 1 fully saturated rings. The normalized spacial score (nSPS) is 20.9. The van der Waals surface area contributed by atoms with Crippen LogP contribution in [-0.4, -0.2) is 36.6 Å². The van der Waals surface area contributed by atoms with Crippen molar-refractivity contribution >= 4 is 5.91 Å². The average molecular weight is 398 g/mol. The van der Waals surface area contributed by atoms with Gasteiger partial charge >= 0.3 is 0 Å². The molecule has 2 aromatic rings. The molecule has 3 unspecified atom stereocenters. The molecule has 6 heteroatoms. The number of halogens is 1. The van der Waals surface area contributed by atoms with Gasteiger partial charge in [0.15, 0.2) is 11.5 Å². The predicted molar refractivity (Wildman–Crippen MR) is 109 cm³/mol. The van der Waals surface area contributed by atoms with Crippen molar-refractivity contribution < 1.29 is 18.7 Å². The lowest BCUT2D eigenvalue weighted by Crippen LogP contribution is -2.45. The molecule has 1 amide bonds. The van der Waals surface area contributed by atoms with Crippen LogP contribution in [0.3, 0.4) is 0 Å². The third kappa shape index (κ3) is 4.22. The fourth-order valence-corrected chi connectivity index (χ4v) is 4.20. The smallest absolute Gasteiger partial charge is 0.237 e. The fourth-order valence-electron chi connectivity index (χ4n) is 4.20. The van der Waals surface area contributed by atoms with E-state index in [4.69, 9.17) is 9.47 Å². The number of nitrogens with zero attached hydrogens (tertiary/aromatic N) is 1. The molecule has 1 N–H and O–H groups in total. The van der Waals surface area contributed by atoms with Crippen molar-refractivity contribution in [2.75, 3.05) is 19.8 Å². The number of nitrogens with one attached hydrogen (secondary N) is 1. The van der Waals surface area contributed by atoms with E-state index in [1.807, 2.05) is 26.0 Å². The molecule has 3 atom stereocenters. The maximum Gasteiger partial charge on any atom is 0.237 e. The summed E-state index contributed by atoms with van der Waals surface area (Å²) >= 11 is 0. The highest BCUT2D eigenvalue weighted by molar-refractivity contribution is 5.81. The van der Waals surface area contributed by atoms with Gasteiger partial charge in [0.2, 0.25) is 5.91 Å². The minimum absolute atomic E-state index is 0.0220. The Labute approximate surface area is 170 Å². The monoisotopic (exact) mass is 398 g/mol. The first kappa shape index (κ1) is 19.7. The van der Waals surface area contributed by atoms with E-state index in [0.29, 0.717) is 13.2 Å². The Balaban J connectivity index is 1.45. The van der Waals surface area contributed by atoms with Gasteiger partial charge in [0.1, 0.15) is 19.0 Å². The van der Waals surface area contributed by atoms with Crippen LogP contribution in [0.1, 0.15) is 49.9 Å². The summed E-state index contributed by atoms with van der Waals surface area (Å²) < 4.78 is 24.5. The van der Waals surface area contributed by atoms with E-state index in [9.17, 15) is 9.18 Å². The zero-order valence-corrected chi connectivity index (χ0v) is 16.9. The van der Waals surface area contributed by atoms with Gasteiger partial charge in [0.25, 0.3) is 0 Å². The van der Waals surface area contributed by atoms with E-state index in [0.717, 1.165) is 42.0 Å². The molecule has 1 saturated heterocycles. The first-order chi connectivity index (χ1) is 14.0. The highest BCUT2D eigenvalue weighted by Crippen LogP contribution is 2.39. The fraction of sp³-hybridized carbons (Fsp3) is 0.435. The van der Waals surface area contributed by atoms with E-state index in [1.165, 1.54) is 12.1 Å². The maximum atomic E-state index is 13.1. The summed E-state index contributed by atoms with van der Waals surface area (Å²) in [5.74, 6) is 1.26. The number of carbonyl (C=O) groups is 1. The van der Waals surface area contributed by atoms with Gasteiger partial charge in [-0.25, -0.2) is 4.39 Å². The molecule has 0 radical (unpaired) electrons. The van der Waals surface area contributed by atoms with Crippen LogP contribution in [-0.2, 0) is 4.79 Å². The van der Waals surface area contributed by atoms with E-state index in [1.54, 1.807) is 12.1 Å². The third-order valence-corrected chi connectivity index (χ3v) is 5.85. The molecule has 154 valence electrons. The van der Waals surface area contributed by atoms with Gasteiger partial charge in [-0.05, 0) is 68.6 Å². The highest BCUT2D eigenvalue weighted by atomic mass is 19.1. The standard InChI is InChI=1S/C23H27FN2O3/c1-15(17-5-8-19(24)9-6-17)25-23(27)16(2)26-11-3-4-20(26)18-7-10-21-22(14-18)29-13-12-28-21/h5-10,14-16,20H,3-4,11-13H2,1-2H3,(H,25,27). The first-order valence-corrected chi connectivity index (χ1v) is 10.2. The van der Waals surface area contributed by atoms with E-state index in [2.05, 4.69) is 16.3 Å². The number of rotatable bonds is 5. The average Bonchev–Trinajstić information content (AvgIpc) is 3.23. The number of hydrogen-bond acceptors (Lipinski definition) is 4. The van der Waals surface area contributed by atoms with Crippen molar-refractivity contribution in [1.82, 2.24) is 10.2 Å². The second-order valence-electron chi connectivity index (χ2n) is 7.76. The second-order valence-corrected chi connectivity index (χ2v) is 7.76. The van der Waals surface area contributed by atoms with Crippen molar-refractivity contribution in [3.05, 3.63) is 59.4 Å². The molecular formula is C23H27FN2O3. The van der Waals surface area contributed by atoms with Gasteiger partial charge in [-0.3, -0.25) is 9.69 Å². The van der Waals surface area contributed by atoms with Crippen LogP contribution in [0.5, 0.6) is 11.5 Å². The highest BCUT2D eigenvalue weighted by Gasteiger charge is 2.34. The lowest BCUT2D eigenvalue weighted by atomic mass is 10.0. The van der Waals surface area contributed by atoms with Crippen molar-refractivity contribution in [1.29, 1.82) is 0 Å². The number of ether oxygens (including phenoxy) is 2. The third-order valence-electron chi connectivity index (χ3n) is 5.85. The molecule has 0 aromatic heterocycles. The lowest BCUT2D eigenvalue weighted by molar-refractivity contribution is -0.126. The van der Waals surface area contributed by atoms with E-state index in [-0.39, 0.29) is 29.8 Å². The summed E-state index contributed by atoms with van der Waals surface area (Å²) in [6.07, 6.45) is 2.05. The molecule has 0 spiro atoms. The van der Waals surface area contributed by atoms with E-state index < -0.39 is 0 Å². The Morgan fingerprint density at radius 1 is 1.10 bits per heavy atom. The van der Waals surface area contributed by atoms with Gasteiger partial charge in [0.05, 0.1) is 12.1 Å². The van der Waals surface area contributed by atoms with Gasteiger partial charge in [-0.1, -0.05) is 18.2 Å². The number of benzene rings is 2. The summed E-state index contributed by atoms with van der Waals surface area (Å²) in [6, 6.07) is 12.1. The maximum absolute atomic E-state index is 13.1. The number of fused-ring (bicyclic) bond motifs is 1. The molecule has 2 aromatic carbocycles. The summed E-state index contributed by atoms with van der Waals surface area (Å²) in [5.41, 5.74) is 2.04. The molecule has 2 heterocycles. The molecule has 29 heavy (non-hydrogen) atoms. The van der Waals surface area contributed by atoms with Crippen LogP contribution >= 0.6 is 0 Å². The zero-order chi connectivity index (χ0) is 20.4. The first-order valence-electron chi connectivity index (χ1n) is 10.2. The summed E-state index contributed by atoms with van der Waals surface area (Å²) in [5, 5.41) is 3.07. The van der Waals surface area contributed by atoms with Gasteiger partial charge in [0, 0.05) is 6.04 Å². The summed E-state index contributed by atoms with van der Waals surface area (Å²) in [6.45, 7) is 5.87. The Kier molecular flexibility index (Phi) is 5.72. The Bertz CT molecular complexity index is 871. The van der Waals surface area contributed by atoms with Crippen molar-refractivity contribution in [3.8, 4) is 11.5 Å². The molecule has 5 nitrogen and oxygen atoms in total. The molecule has 4 rings (SSSR count). The largest absolute Gasteiger partial charge is 0.486 e. The summed E-state index contributed by atoms with van der Waals surface area (Å²) in [4.78, 5) is 15.2. The molecule has 0 aliphatic carbocycles. The molecular weight excluding hydrogens is 371 g/mol. The van der Waals surface area contributed by atoms with Crippen LogP contribution in [0.25, 0.3) is 0 Å². The number of amides is 1. The zero-order valence-electron chi connectivity index (χ0n) is 16.9. The van der Waals surface area contributed by atoms with Crippen LogP contribution in [0.2, 0.25) is 0 Å². The lowest BCUT2D eigenvalue weighted by Gasteiger charge is -2.31. The number of hydrogen-bond donors (Lipinski definition) is 1. The Morgan fingerprint density at radius 3 is 2.59 bits per heavy atom. The minimum Gasteiger partial charge on any atom is -0.486 e. The van der Waals surface area contributed by atoms with Crippen molar-refractivity contribution in [2.45, 2.75) is 44.8 Å². The van der Waals surface area contributed by atoms with Crippen LogP contribution in [0.4, 0.5) is 4.39 Å². The minimum atomic E-state index is -0.278. The molecule has 0 saturated carbocycles. The topological polar surface area (TPSA) is 50.8 Å². The Hall–Kier alpha value is -2.60. The Morgan fingerprint density at radius 2 is 1.83 bits per heavy atom. The van der Waals surface area contributed by atoms with Gasteiger partial charge < -0.3 is 14.8 Å². The predicted octanol–water partition coefficient (Wildman–Crippen LogP) is 4.00. The van der Waals surface area contributed by atoms with Crippen LogP contribution < -0.4 is 14.8 Å². The molecule has 0 bridgehead atoms. The summed E-state index contributed by atoms with van der Waals surface area (Å²) in [7, 11) is 0. The number of likely N-dealkylation sites (tertiary alicyclic amines) is 1. The molecule has 2 aliphatic rings. The quantitative estimate of drug-likeness (QED) is 0.827. The number of carbonyl (C=O) groups excluding carboxylic acids is 1. The molecule has 2 aliphatic heterocycles. The van der Waals surface area contributed by atoms with Crippen molar-refractivity contribution in [3.63, 3.8) is 0 Å². The van der Waals surface area contributed by atoms with E-state index >= 15 is 0 Å². The van der Waals surface area contributed by atoms with Crippen LogP contribution in [0, 0.1) is 5.82 Å². The second kappa shape index (κ2) is 8.41. The van der Waals surface area contributed by atoms with Crippen LogP contribution in [0.15, 0.2) is 42.5 Å². The van der Waals surface area contributed by atoms with Gasteiger partial charge in [-0.2, -0.15) is 0 Å².